The van der Waals surface area contributed by atoms with Crippen LogP contribution in [0.3, 0.4) is 0 Å². The first kappa shape index (κ1) is 15.6. The number of carbonyl (C=O) groups excluding carboxylic acids is 1. The Morgan fingerprint density at radius 1 is 1.26 bits per heavy atom. The molecule has 1 atom stereocenters. The zero-order valence-corrected chi connectivity index (χ0v) is 13.5. The summed E-state index contributed by atoms with van der Waals surface area (Å²) >= 11 is 5.99. The fourth-order valence-corrected chi connectivity index (χ4v) is 2.59. The minimum absolute atomic E-state index is 0.0715. The second-order valence-corrected chi connectivity index (χ2v) is 5.84. The fourth-order valence-electron chi connectivity index (χ4n) is 2.40. The first-order valence-corrected chi connectivity index (χ1v) is 7.78. The van der Waals surface area contributed by atoms with Gasteiger partial charge in [0.15, 0.2) is 18.0 Å². The van der Waals surface area contributed by atoms with Gasteiger partial charge in [-0.15, -0.1) is 0 Å². The lowest BCUT2D eigenvalue weighted by atomic mass is 10.1. The molecule has 23 heavy (non-hydrogen) atoms. The number of fused-ring (bicyclic) bond motifs is 1. The molecule has 1 amide bonds. The van der Waals surface area contributed by atoms with E-state index in [1.807, 2.05) is 36.5 Å². The number of benzene rings is 2. The molecule has 1 aliphatic rings. The van der Waals surface area contributed by atoms with Gasteiger partial charge in [-0.3, -0.25) is 4.79 Å². The van der Waals surface area contributed by atoms with E-state index in [-0.39, 0.29) is 18.7 Å². The highest BCUT2D eigenvalue weighted by Gasteiger charge is 2.15. The maximum absolute atomic E-state index is 12.1. The van der Waals surface area contributed by atoms with Crippen molar-refractivity contribution < 1.29 is 19.6 Å². The summed E-state index contributed by atoms with van der Waals surface area (Å²) in [7, 11) is 0. The Kier molecular flexibility index (Phi) is 4.69. The van der Waals surface area contributed by atoms with E-state index in [1.165, 1.54) is 0 Å². The van der Waals surface area contributed by atoms with E-state index in [4.69, 9.17) is 21.1 Å². The number of hydrogen-bond donors (Lipinski definition) is 2. The number of hydrogen-bond acceptors (Lipinski definition) is 3. The van der Waals surface area contributed by atoms with Gasteiger partial charge in [-0.25, -0.2) is 0 Å². The van der Waals surface area contributed by atoms with Crippen molar-refractivity contribution in [2.75, 3.05) is 18.7 Å². The SMILES string of the molecule is C[C@@H]([NH2+]CC(=O)Nc1ccc2c(c1)OCO2)c1cccc(Cl)c1. The molecule has 0 spiro atoms. The predicted octanol–water partition coefficient (Wildman–Crippen LogP) is 2.33. The van der Waals surface area contributed by atoms with Crippen LogP contribution in [0.2, 0.25) is 5.02 Å². The van der Waals surface area contributed by atoms with Crippen LogP contribution < -0.4 is 20.1 Å². The van der Waals surface area contributed by atoms with E-state index >= 15 is 0 Å². The zero-order chi connectivity index (χ0) is 16.2. The Bertz CT molecular complexity index is 721. The van der Waals surface area contributed by atoms with Crippen LogP contribution in [-0.2, 0) is 4.79 Å². The standard InChI is InChI=1S/C17H17ClN2O3/c1-11(12-3-2-4-13(18)7-12)19-9-17(21)20-14-5-6-15-16(8-14)23-10-22-15/h2-8,11,19H,9-10H2,1H3,(H,20,21)/p+1/t11-/m1/s1. The van der Waals surface area contributed by atoms with Gasteiger partial charge in [-0.1, -0.05) is 23.7 Å². The number of ether oxygens (including phenoxy) is 2. The van der Waals surface area contributed by atoms with Crippen LogP contribution in [-0.4, -0.2) is 19.2 Å². The molecule has 0 fully saturated rings. The number of halogens is 1. The maximum atomic E-state index is 12.1. The topological polar surface area (TPSA) is 64.2 Å². The van der Waals surface area contributed by atoms with Gasteiger partial charge in [0.05, 0.1) is 0 Å². The highest BCUT2D eigenvalue weighted by Crippen LogP contribution is 2.34. The van der Waals surface area contributed by atoms with Crippen LogP contribution in [0, 0.1) is 0 Å². The summed E-state index contributed by atoms with van der Waals surface area (Å²) in [6, 6.07) is 13.2. The van der Waals surface area contributed by atoms with Gasteiger partial charge in [-0.05, 0) is 31.2 Å². The molecule has 120 valence electrons. The van der Waals surface area contributed by atoms with Crippen LogP contribution in [0.25, 0.3) is 0 Å². The summed E-state index contributed by atoms with van der Waals surface area (Å²) in [5.41, 5.74) is 1.79. The molecule has 2 aromatic rings. The molecule has 0 aliphatic carbocycles. The van der Waals surface area contributed by atoms with Crippen LogP contribution in [0.15, 0.2) is 42.5 Å². The molecule has 0 saturated carbocycles. The summed E-state index contributed by atoms with van der Waals surface area (Å²) in [5.74, 6) is 1.28. The number of amides is 1. The van der Waals surface area contributed by atoms with E-state index < -0.39 is 0 Å². The summed E-state index contributed by atoms with van der Waals surface area (Å²) in [4.78, 5) is 12.1. The Balaban J connectivity index is 1.53. The molecule has 1 heterocycles. The molecule has 6 heteroatoms. The second kappa shape index (κ2) is 6.89. The van der Waals surface area contributed by atoms with Crippen LogP contribution in [0.1, 0.15) is 18.5 Å². The van der Waals surface area contributed by atoms with Crippen molar-refractivity contribution in [3.8, 4) is 11.5 Å². The average Bonchev–Trinajstić information content (AvgIpc) is 3.00. The van der Waals surface area contributed by atoms with Crippen molar-refractivity contribution in [2.45, 2.75) is 13.0 Å². The summed E-state index contributed by atoms with van der Waals surface area (Å²) in [6.07, 6.45) is 0. The summed E-state index contributed by atoms with van der Waals surface area (Å²) < 4.78 is 10.5. The molecular formula is C17H18ClN2O3+. The number of rotatable bonds is 5. The number of quaternary nitrogens is 1. The lowest BCUT2D eigenvalue weighted by molar-refractivity contribution is -0.682. The van der Waals surface area contributed by atoms with Crippen LogP contribution >= 0.6 is 11.6 Å². The zero-order valence-electron chi connectivity index (χ0n) is 12.7. The third kappa shape index (κ3) is 3.94. The maximum Gasteiger partial charge on any atom is 0.279 e. The highest BCUT2D eigenvalue weighted by molar-refractivity contribution is 6.30. The summed E-state index contributed by atoms with van der Waals surface area (Å²) in [5, 5.41) is 5.53. The number of anilines is 1. The van der Waals surface area contributed by atoms with E-state index in [0.29, 0.717) is 28.8 Å². The Morgan fingerprint density at radius 2 is 2.09 bits per heavy atom. The van der Waals surface area contributed by atoms with Crippen molar-refractivity contribution in [1.29, 1.82) is 0 Å². The Hall–Kier alpha value is -2.24. The monoisotopic (exact) mass is 333 g/mol. The number of carbonyl (C=O) groups is 1. The summed E-state index contributed by atoms with van der Waals surface area (Å²) in [6.45, 7) is 2.58. The fraction of sp³-hybridized carbons (Fsp3) is 0.235. The van der Waals surface area contributed by atoms with Gasteiger partial charge in [0.2, 0.25) is 6.79 Å². The van der Waals surface area contributed by atoms with E-state index in [1.54, 1.807) is 18.2 Å². The second-order valence-electron chi connectivity index (χ2n) is 5.40. The lowest BCUT2D eigenvalue weighted by Crippen LogP contribution is -2.86. The molecule has 0 saturated heterocycles. The van der Waals surface area contributed by atoms with E-state index in [0.717, 1.165) is 5.56 Å². The molecule has 3 N–H and O–H groups in total. The quantitative estimate of drug-likeness (QED) is 0.882. The van der Waals surface area contributed by atoms with Crippen LogP contribution in [0.5, 0.6) is 11.5 Å². The molecule has 2 aromatic carbocycles. The normalized spacial score (nSPS) is 13.7. The first-order chi connectivity index (χ1) is 11.1. The number of nitrogens with one attached hydrogen (secondary N) is 1. The van der Waals surface area contributed by atoms with Gasteiger partial charge >= 0.3 is 0 Å². The van der Waals surface area contributed by atoms with Crippen molar-refractivity contribution in [2.24, 2.45) is 0 Å². The van der Waals surface area contributed by atoms with E-state index in [9.17, 15) is 4.79 Å². The van der Waals surface area contributed by atoms with Gasteiger partial charge < -0.3 is 20.1 Å². The minimum Gasteiger partial charge on any atom is -0.454 e. The molecule has 0 unspecified atom stereocenters. The molecular weight excluding hydrogens is 316 g/mol. The highest BCUT2D eigenvalue weighted by atomic mass is 35.5. The third-order valence-corrected chi connectivity index (χ3v) is 3.92. The van der Waals surface area contributed by atoms with E-state index in [2.05, 4.69) is 5.32 Å². The molecule has 0 radical (unpaired) electrons. The van der Waals surface area contributed by atoms with Gasteiger partial charge in [0.1, 0.15) is 6.04 Å². The Labute approximate surface area is 139 Å². The predicted molar refractivity (Wildman–Crippen MR) is 87.9 cm³/mol. The molecule has 5 nitrogen and oxygen atoms in total. The van der Waals surface area contributed by atoms with Gasteiger partial charge in [0.25, 0.3) is 5.91 Å². The largest absolute Gasteiger partial charge is 0.454 e. The first-order valence-electron chi connectivity index (χ1n) is 7.40. The number of nitrogens with two attached hydrogens (primary N) is 1. The van der Waals surface area contributed by atoms with Gasteiger partial charge in [0, 0.05) is 22.3 Å². The minimum atomic E-state index is -0.0715. The van der Waals surface area contributed by atoms with Gasteiger partial charge in [-0.2, -0.15) is 0 Å². The lowest BCUT2D eigenvalue weighted by Gasteiger charge is -2.11. The average molecular weight is 334 g/mol. The van der Waals surface area contributed by atoms with Crippen molar-refractivity contribution >= 4 is 23.2 Å². The van der Waals surface area contributed by atoms with Crippen molar-refractivity contribution in [3.05, 3.63) is 53.1 Å². The van der Waals surface area contributed by atoms with Crippen molar-refractivity contribution in [1.82, 2.24) is 0 Å². The molecule has 1 aliphatic heterocycles. The van der Waals surface area contributed by atoms with Crippen molar-refractivity contribution in [3.63, 3.8) is 0 Å². The Morgan fingerprint density at radius 3 is 2.91 bits per heavy atom. The molecule has 0 aromatic heterocycles. The third-order valence-electron chi connectivity index (χ3n) is 3.69. The smallest absolute Gasteiger partial charge is 0.279 e. The molecule has 0 bridgehead atoms. The molecule has 3 rings (SSSR count). The van der Waals surface area contributed by atoms with Crippen LogP contribution in [0.4, 0.5) is 5.69 Å².